The van der Waals surface area contributed by atoms with Crippen molar-refractivity contribution in [3.05, 3.63) is 46.7 Å². The van der Waals surface area contributed by atoms with Gasteiger partial charge in [0.05, 0.1) is 5.69 Å². The lowest BCUT2D eigenvalue weighted by molar-refractivity contribution is -0.143. The van der Waals surface area contributed by atoms with Crippen molar-refractivity contribution in [2.24, 2.45) is 0 Å². The van der Waals surface area contributed by atoms with Crippen LogP contribution in [0.4, 0.5) is 0 Å². The Morgan fingerprint density at radius 3 is 2.94 bits per heavy atom. The third-order valence-electron chi connectivity index (χ3n) is 2.56. The molecular weight excluding hydrogens is 250 g/mol. The van der Waals surface area contributed by atoms with Gasteiger partial charge in [-0.15, -0.1) is 0 Å². The van der Waals surface area contributed by atoms with E-state index in [4.69, 9.17) is 0 Å². The quantitative estimate of drug-likeness (QED) is 0.891. The second-order valence-corrected chi connectivity index (χ2v) is 4.69. The molecule has 0 aliphatic heterocycles. The van der Waals surface area contributed by atoms with Crippen LogP contribution in [-0.4, -0.2) is 33.0 Å². The molecule has 6 heteroatoms. The van der Waals surface area contributed by atoms with Gasteiger partial charge in [0.15, 0.2) is 0 Å². The summed E-state index contributed by atoms with van der Waals surface area (Å²) in [6.45, 7) is 0.445. The van der Waals surface area contributed by atoms with E-state index in [-0.39, 0.29) is 0 Å². The van der Waals surface area contributed by atoms with Crippen LogP contribution in [0.15, 0.2) is 35.4 Å². The Balaban J connectivity index is 2.15. The fourth-order valence-corrected chi connectivity index (χ4v) is 2.45. The van der Waals surface area contributed by atoms with Crippen LogP contribution >= 0.6 is 11.3 Å². The van der Waals surface area contributed by atoms with Gasteiger partial charge in [0, 0.05) is 25.1 Å². The number of hydrogen-bond acceptors (Lipinski definition) is 5. The van der Waals surface area contributed by atoms with Crippen LogP contribution in [0.25, 0.3) is 0 Å². The standard InChI is InChI=1S/C12H13N3O2S/c1-15(7-10-6-13-3-4-14-10)11(12(16)17)9-2-5-18-8-9/h2-6,8,11H,7H2,1H3,(H,16,17). The lowest BCUT2D eigenvalue weighted by Gasteiger charge is -2.23. The smallest absolute Gasteiger partial charge is 0.325 e. The van der Waals surface area contributed by atoms with E-state index < -0.39 is 12.0 Å². The Bertz CT molecular complexity index is 501. The van der Waals surface area contributed by atoms with Crippen LogP contribution in [0.2, 0.25) is 0 Å². The maximum Gasteiger partial charge on any atom is 0.325 e. The van der Waals surface area contributed by atoms with E-state index in [1.807, 2.05) is 16.8 Å². The molecule has 1 unspecified atom stereocenters. The van der Waals surface area contributed by atoms with Gasteiger partial charge in [-0.3, -0.25) is 19.7 Å². The van der Waals surface area contributed by atoms with Crippen molar-refractivity contribution in [1.82, 2.24) is 14.9 Å². The van der Waals surface area contributed by atoms with Gasteiger partial charge in [0.1, 0.15) is 6.04 Å². The number of rotatable bonds is 5. The van der Waals surface area contributed by atoms with E-state index in [2.05, 4.69) is 9.97 Å². The number of carboxylic acids is 1. The molecule has 0 spiro atoms. The Labute approximate surface area is 109 Å². The van der Waals surface area contributed by atoms with Crippen molar-refractivity contribution in [2.75, 3.05) is 7.05 Å². The van der Waals surface area contributed by atoms with Gasteiger partial charge in [0.25, 0.3) is 0 Å². The summed E-state index contributed by atoms with van der Waals surface area (Å²) in [5.74, 6) is -0.861. The summed E-state index contributed by atoms with van der Waals surface area (Å²) in [5.41, 5.74) is 1.54. The van der Waals surface area contributed by atoms with E-state index in [0.29, 0.717) is 6.54 Å². The number of likely N-dealkylation sites (N-methyl/N-ethyl adjacent to an activating group) is 1. The normalized spacial score (nSPS) is 12.6. The van der Waals surface area contributed by atoms with Crippen molar-refractivity contribution < 1.29 is 9.90 Å². The summed E-state index contributed by atoms with van der Waals surface area (Å²) in [6, 6.07) is 1.18. The molecule has 0 radical (unpaired) electrons. The number of carboxylic acid groups (broad SMARTS) is 1. The monoisotopic (exact) mass is 263 g/mol. The van der Waals surface area contributed by atoms with Crippen molar-refractivity contribution in [2.45, 2.75) is 12.6 Å². The molecule has 0 saturated heterocycles. The van der Waals surface area contributed by atoms with Crippen LogP contribution in [0, 0.1) is 0 Å². The molecule has 0 saturated carbocycles. The van der Waals surface area contributed by atoms with Gasteiger partial charge < -0.3 is 5.11 Å². The Hall–Kier alpha value is -1.79. The number of aromatic nitrogens is 2. The number of carbonyl (C=O) groups is 1. The lowest BCUT2D eigenvalue weighted by atomic mass is 10.1. The third-order valence-corrected chi connectivity index (χ3v) is 3.26. The Morgan fingerprint density at radius 2 is 2.39 bits per heavy atom. The fraction of sp³-hybridized carbons (Fsp3) is 0.250. The van der Waals surface area contributed by atoms with Gasteiger partial charge in [0.2, 0.25) is 0 Å². The minimum atomic E-state index is -0.861. The minimum absolute atomic E-state index is 0.445. The molecule has 0 bridgehead atoms. The minimum Gasteiger partial charge on any atom is -0.480 e. The number of thiophene rings is 1. The third kappa shape index (κ3) is 2.91. The first-order valence-corrected chi connectivity index (χ1v) is 6.33. The largest absolute Gasteiger partial charge is 0.480 e. The van der Waals surface area contributed by atoms with Crippen molar-refractivity contribution in [3.63, 3.8) is 0 Å². The van der Waals surface area contributed by atoms with Crippen molar-refractivity contribution in [3.8, 4) is 0 Å². The zero-order chi connectivity index (χ0) is 13.0. The van der Waals surface area contributed by atoms with E-state index >= 15 is 0 Å². The molecule has 1 atom stereocenters. The summed E-state index contributed by atoms with van der Waals surface area (Å²) >= 11 is 1.49. The van der Waals surface area contributed by atoms with Crippen LogP contribution in [0.3, 0.4) is 0 Å². The fourth-order valence-electron chi connectivity index (χ4n) is 1.77. The Morgan fingerprint density at radius 1 is 1.56 bits per heavy atom. The molecule has 0 aliphatic rings. The van der Waals surface area contributed by atoms with Crippen LogP contribution in [-0.2, 0) is 11.3 Å². The summed E-state index contributed by atoms with van der Waals surface area (Å²) < 4.78 is 0. The van der Waals surface area contributed by atoms with Crippen LogP contribution in [0.1, 0.15) is 17.3 Å². The zero-order valence-electron chi connectivity index (χ0n) is 9.85. The lowest BCUT2D eigenvalue weighted by Crippen LogP contribution is -2.30. The number of nitrogens with zero attached hydrogens (tertiary/aromatic N) is 3. The van der Waals surface area contributed by atoms with Gasteiger partial charge in [-0.2, -0.15) is 11.3 Å². The molecule has 2 aromatic heterocycles. The molecule has 0 aromatic carbocycles. The molecule has 5 nitrogen and oxygen atoms in total. The zero-order valence-corrected chi connectivity index (χ0v) is 10.7. The number of hydrogen-bond donors (Lipinski definition) is 1. The first-order chi connectivity index (χ1) is 8.68. The predicted octanol–water partition coefficient (Wildman–Crippen LogP) is 1.80. The van der Waals surface area contributed by atoms with Crippen molar-refractivity contribution >= 4 is 17.3 Å². The summed E-state index contributed by atoms with van der Waals surface area (Å²) in [5, 5.41) is 13.0. The second kappa shape index (κ2) is 5.70. The van der Waals surface area contributed by atoms with Gasteiger partial charge >= 0.3 is 5.97 Å². The molecular formula is C12H13N3O2S. The predicted molar refractivity (Wildman–Crippen MR) is 68.2 cm³/mol. The SMILES string of the molecule is CN(Cc1cnccn1)C(C(=O)O)c1ccsc1. The topological polar surface area (TPSA) is 66.3 Å². The van der Waals surface area contributed by atoms with E-state index in [1.54, 1.807) is 30.5 Å². The average molecular weight is 263 g/mol. The van der Waals surface area contributed by atoms with Gasteiger partial charge in [-0.1, -0.05) is 0 Å². The van der Waals surface area contributed by atoms with E-state index in [9.17, 15) is 9.90 Å². The van der Waals surface area contributed by atoms with Gasteiger partial charge in [-0.05, 0) is 29.4 Å². The highest BCUT2D eigenvalue weighted by molar-refractivity contribution is 7.08. The second-order valence-electron chi connectivity index (χ2n) is 3.91. The maximum absolute atomic E-state index is 11.4. The first-order valence-electron chi connectivity index (χ1n) is 5.38. The first kappa shape index (κ1) is 12.7. The maximum atomic E-state index is 11.4. The molecule has 18 heavy (non-hydrogen) atoms. The molecule has 1 N–H and O–H groups in total. The number of aliphatic carboxylic acids is 1. The van der Waals surface area contributed by atoms with E-state index in [1.165, 1.54) is 11.3 Å². The average Bonchev–Trinajstić information content (AvgIpc) is 2.83. The molecule has 94 valence electrons. The molecule has 0 aliphatic carbocycles. The Kier molecular flexibility index (Phi) is 4.01. The van der Waals surface area contributed by atoms with Crippen molar-refractivity contribution in [1.29, 1.82) is 0 Å². The highest BCUT2D eigenvalue weighted by Crippen LogP contribution is 2.23. The summed E-state index contributed by atoms with van der Waals surface area (Å²) in [7, 11) is 1.77. The highest BCUT2D eigenvalue weighted by atomic mass is 32.1. The highest BCUT2D eigenvalue weighted by Gasteiger charge is 2.25. The molecule has 0 fully saturated rings. The van der Waals surface area contributed by atoms with E-state index in [0.717, 1.165) is 11.3 Å². The molecule has 0 amide bonds. The van der Waals surface area contributed by atoms with Crippen LogP contribution in [0.5, 0.6) is 0 Å². The molecule has 2 heterocycles. The molecule has 2 aromatic rings. The molecule has 2 rings (SSSR count). The van der Waals surface area contributed by atoms with Gasteiger partial charge in [-0.25, -0.2) is 0 Å². The van der Waals surface area contributed by atoms with Crippen LogP contribution < -0.4 is 0 Å². The summed E-state index contributed by atoms with van der Waals surface area (Å²) in [6.07, 6.45) is 4.84. The summed E-state index contributed by atoms with van der Waals surface area (Å²) in [4.78, 5) is 21.2.